The van der Waals surface area contributed by atoms with Crippen LogP contribution in [0.5, 0.6) is 11.5 Å². The monoisotopic (exact) mass is 499 g/mol. The number of aryl methyl sites for hydroxylation is 1. The lowest BCUT2D eigenvalue weighted by Crippen LogP contribution is -2.37. The largest absolute Gasteiger partial charge is 0.573 e. The number of benzene rings is 2. The highest BCUT2D eigenvalue weighted by atomic mass is 19.4. The zero-order chi connectivity index (χ0) is 25.7. The number of rotatable bonds is 7. The fraction of sp³-hybridized carbons (Fsp3) is 0.167. The number of hydrogen-bond acceptors (Lipinski definition) is 7. The van der Waals surface area contributed by atoms with Crippen molar-refractivity contribution in [3.63, 3.8) is 0 Å². The summed E-state index contributed by atoms with van der Waals surface area (Å²) in [4.78, 5) is 16.9. The second-order valence-electron chi connectivity index (χ2n) is 7.47. The first-order valence-corrected chi connectivity index (χ1v) is 10.6. The van der Waals surface area contributed by atoms with E-state index in [4.69, 9.17) is 14.7 Å². The van der Waals surface area contributed by atoms with Crippen LogP contribution in [0, 0.1) is 12.3 Å². The highest BCUT2D eigenvalue weighted by Gasteiger charge is 2.31. The number of carbonyl (C=O) groups is 1. The Labute approximate surface area is 202 Å². The molecule has 2 N–H and O–H groups in total. The number of ether oxygens (including phenoxy) is 2. The van der Waals surface area contributed by atoms with E-state index in [0.29, 0.717) is 34.2 Å². The number of alkyl halides is 3. The Morgan fingerprint density at radius 2 is 1.81 bits per heavy atom. The van der Waals surface area contributed by atoms with Crippen molar-refractivity contribution in [2.75, 3.05) is 13.2 Å². The van der Waals surface area contributed by atoms with E-state index >= 15 is 0 Å². The van der Waals surface area contributed by atoms with Gasteiger partial charge in [0.1, 0.15) is 23.6 Å². The average molecular weight is 499 g/mol. The summed E-state index contributed by atoms with van der Waals surface area (Å²) in [5.74, 6) is 0.952. The first-order valence-electron chi connectivity index (χ1n) is 10.6. The minimum Gasteiger partial charge on any atom is -0.491 e. The first kappa shape index (κ1) is 24.5. The van der Waals surface area contributed by atoms with Gasteiger partial charge in [-0.2, -0.15) is 4.98 Å². The summed E-state index contributed by atoms with van der Waals surface area (Å²) in [5, 5.41) is 14.5. The maximum absolute atomic E-state index is 12.7. The van der Waals surface area contributed by atoms with Gasteiger partial charge in [-0.3, -0.25) is 9.98 Å². The molecular formula is C24H20F3N5O4. The molecule has 2 aromatic heterocycles. The van der Waals surface area contributed by atoms with Crippen molar-refractivity contribution in [3.8, 4) is 34.1 Å². The predicted molar refractivity (Wildman–Crippen MR) is 121 cm³/mol. The minimum absolute atomic E-state index is 0.0775. The number of halogens is 3. The molecular weight excluding hydrogens is 479 g/mol. The number of amides is 1. The standard InChI is InChI=1S/C24H20F3N5O4/c1-15-30-22(36-31-15)19-4-2-3-5-20(19)34-13-12-29-23(33)32-14-17(8-11-21(32)28)16-6-9-18(10-7-16)35-24(25,26)27/h2-11,14,28H,12-13H2,1H3,(H,29,33). The lowest BCUT2D eigenvalue weighted by Gasteiger charge is -2.12. The van der Waals surface area contributed by atoms with Crippen molar-refractivity contribution < 1.29 is 32.0 Å². The molecule has 0 atom stereocenters. The average Bonchev–Trinajstić information content (AvgIpc) is 3.28. The van der Waals surface area contributed by atoms with Crippen LogP contribution in [-0.2, 0) is 0 Å². The van der Waals surface area contributed by atoms with Crippen molar-refractivity contribution in [2.45, 2.75) is 13.3 Å². The van der Waals surface area contributed by atoms with Crippen molar-refractivity contribution in [2.24, 2.45) is 0 Å². The van der Waals surface area contributed by atoms with Crippen LogP contribution < -0.4 is 20.3 Å². The molecule has 186 valence electrons. The Balaban J connectivity index is 1.38. The third-order valence-corrected chi connectivity index (χ3v) is 4.87. The van der Waals surface area contributed by atoms with Crippen molar-refractivity contribution >= 4 is 6.03 Å². The lowest BCUT2D eigenvalue weighted by atomic mass is 10.1. The summed E-state index contributed by atoms with van der Waals surface area (Å²) < 4.78 is 53.0. The molecule has 1 amide bonds. The Morgan fingerprint density at radius 1 is 1.08 bits per heavy atom. The summed E-state index contributed by atoms with van der Waals surface area (Å²) in [6.45, 7) is 1.97. The maximum Gasteiger partial charge on any atom is 0.573 e. The molecule has 0 aliphatic heterocycles. The molecule has 0 spiro atoms. The maximum atomic E-state index is 12.7. The number of carbonyl (C=O) groups excluding carboxylic acids is 1. The topological polar surface area (TPSA) is 115 Å². The zero-order valence-electron chi connectivity index (χ0n) is 18.9. The molecule has 9 nitrogen and oxygen atoms in total. The van der Waals surface area contributed by atoms with Gasteiger partial charge in [-0.05, 0) is 54.4 Å². The van der Waals surface area contributed by atoms with Crippen LogP contribution in [0.4, 0.5) is 18.0 Å². The van der Waals surface area contributed by atoms with Crippen LogP contribution in [0.2, 0.25) is 0 Å². The Bertz CT molecular complexity index is 1410. The molecule has 0 saturated carbocycles. The van der Waals surface area contributed by atoms with Gasteiger partial charge < -0.3 is 19.3 Å². The normalized spacial score (nSPS) is 11.2. The second kappa shape index (κ2) is 10.3. The van der Waals surface area contributed by atoms with Crippen LogP contribution in [0.3, 0.4) is 0 Å². The van der Waals surface area contributed by atoms with E-state index in [2.05, 4.69) is 20.2 Å². The second-order valence-corrected chi connectivity index (χ2v) is 7.47. The van der Waals surface area contributed by atoms with Gasteiger partial charge in [0.2, 0.25) is 0 Å². The van der Waals surface area contributed by atoms with E-state index in [1.54, 1.807) is 37.3 Å². The summed E-state index contributed by atoms with van der Waals surface area (Å²) in [5.41, 5.74) is 1.61. The number of pyridine rings is 1. The fourth-order valence-electron chi connectivity index (χ4n) is 3.27. The molecule has 4 rings (SSSR count). The molecule has 4 aromatic rings. The minimum atomic E-state index is -4.78. The van der Waals surface area contributed by atoms with Gasteiger partial charge in [-0.1, -0.05) is 29.4 Å². The van der Waals surface area contributed by atoms with Crippen LogP contribution in [-0.4, -0.2) is 40.3 Å². The van der Waals surface area contributed by atoms with Crippen LogP contribution in [0.15, 0.2) is 71.4 Å². The van der Waals surface area contributed by atoms with Gasteiger partial charge in [-0.15, -0.1) is 13.2 Å². The molecule has 0 bridgehead atoms. The van der Waals surface area contributed by atoms with E-state index < -0.39 is 12.4 Å². The molecule has 2 heterocycles. The molecule has 0 fully saturated rings. The first-order chi connectivity index (χ1) is 17.2. The van der Waals surface area contributed by atoms with Gasteiger partial charge in [0.05, 0.1) is 12.1 Å². The van der Waals surface area contributed by atoms with Gasteiger partial charge >= 0.3 is 12.4 Å². The predicted octanol–water partition coefficient (Wildman–Crippen LogP) is 4.53. The number of hydrogen-bond donors (Lipinski definition) is 2. The quantitative estimate of drug-likeness (QED) is 0.361. The van der Waals surface area contributed by atoms with E-state index in [1.165, 1.54) is 36.5 Å². The molecule has 36 heavy (non-hydrogen) atoms. The molecule has 0 aliphatic rings. The van der Waals surface area contributed by atoms with Gasteiger partial charge in [0.15, 0.2) is 5.82 Å². The summed E-state index contributed by atoms with van der Waals surface area (Å²) in [6.07, 6.45) is -3.36. The smallest absolute Gasteiger partial charge is 0.491 e. The highest BCUT2D eigenvalue weighted by Crippen LogP contribution is 2.28. The number of para-hydroxylation sites is 1. The van der Waals surface area contributed by atoms with Crippen LogP contribution in [0.25, 0.3) is 22.6 Å². The SMILES string of the molecule is Cc1noc(-c2ccccc2OCCNC(=O)n2cc(-c3ccc(OC(F)(F)F)cc3)ccc2=N)n1. The Hall–Kier alpha value is -4.61. The van der Waals surface area contributed by atoms with E-state index in [0.717, 1.165) is 4.57 Å². The molecule has 0 aliphatic carbocycles. The molecule has 2 aromatic carbocycles. The van der Waals surface area contributed by atoms with Gasteiger partial charge in [0.25, 0.3) is 5.89 Å². The number of nitrogens with zero attached hydrogens (tertiary/aromatic N) is 3. The van der Waals surface area contributed by atoms with E-state index in [1.807, 2.05) is 0 Å². The lowest BCUT2D eigenvalue weighted by molar-refractivity contribution is -0.274. The van der Waals surface area contributed by atoms with Crippen LogP contribution >= 0.6 is 0 Å². The fourth-order valence-corrected chi connectivity index (χ4v) is 3.27. The third kappa shape index (κ3) is 6.09. The van der Waals surface area contributed by atoms with Crippen molar-refractivity contribution in [1.29, 1.82) is 5.41 Å². The summed E-state index contributed by atoms with van der Waals surface area (Å²) in [6, 6.07) is 14.7. The molecule has 12 heteroatoms. The van der Waals surface area contributed by atoms with E-state index in [9.17, 15) is 18.0 Å². The van der Waals surface area contributed by atoms with E-state index in [-0.39, 0.29) is 24.4 Å². The molecule has 0 saturated heterocycles. The number of aromatic nitrogens is 3. The highest BCUT2D eigenvalue weighted by molar-refractivity contribution is 5.78. The van der Waals surface area contributed by atoms with Crippen molar-refractivity contribution in [1.82, 2.24) is 20.0 Å². The third-order valence-electron chi connectivity index (χ3n) is 4.87. The van der Waals surface area contributed by atoms with Crippen LogP contribution in [0.1, 0.15) is 5.82 Å². The van der Waals surface area contributed by atoms with Crippen molar-refractivity contribution in [3.05, 3.63) is 78.2 Å². The Kier molecular flexibility index (Phi) is 7.04. The number of nitrogens with one attached hydrogen (secondary N) is 2. The summed E-state index contributed by atoms with van der Waals surface area (Å²) in [7, 11) is 0. The zero-order valence-corrected chi connectivity index (χ0v) is 18.9. The molecule has 0 unspecified atom stereocenters. The Morgan fingerprint density at radius 3 is 2.50 bits per heavy atom. The van der Waals surface area contributed by atoms with Gasteiger partial charge in [0, 0.05) is 6.20 Å². The van der Waals surface area contributed by atoms with Gasteiger partial charge in [-0.25, -0.2) is 4.79 Å². The summed E-state index contributed by atoms with van der Waals surface area (Å²) >= 11 is 0. The molecule has 0 radical (unpaired) electrons.